The topological polar surface area (TPSA) is 93.9 Å². The fraction of sp³-hybridized carbons (Fsp3) is 0.214. The number of nitrogens with one attached hydrogen (secondary N) is 1. The Labute approximate surface area is 213 Å². The van der Waals surface area contributed by atoms with Crippen LogP contribution in [0.4, 0.5) is 17.2 Å². The number of aromatic nitrogens is 4. The number of carbonyl (C=O) groups excluding carboxylic acids is 1. The normalized spacial score (nSPS) is 12.7. The number of nitrogens with zero attached hydrogens (tertiary/aromatic N) is 5. The van der Waals surface area contributed by atoms with E-state index in [2.05, 4.69) is 26.3 Å². The Morgan fingerprint density at radius 1 is 1.05 bits per heavy atom. The van der Waals surface area contributed by atoms with Crippen molar-refractivity contribution in [1.82, 2.24) is 19.4 Å². The predicted octanol–water partition coefficient (Wildman–Crippen LogP) is 4.48. The Morgan fingerprint density at radius 2 is 1.89 bits per heavy atom. The molecule has 0 bridgehead atoms. The van der Waals surface area contributed by atoms with Gasteiger partial charge in [-0.05, 0) is 55.3 Å². The summed E-state index contributed by atoms with van der Waals surface area (Å²) in [6.07, 6.45) is 4.57. The molecule has 0 saturated heterocycles. The summed E-state index contributed by atoms with van der Waals surface area (Å²) in [6, 6.07) is 15.6. The van der Waals surface area contributed by atoms with Crippen LogP contribution in [0.2, 0.25) is 0 Å². The van der Waals surface area contributed by atoms with Crippen LogP contribution in [0, 0.1) is 6.92 Å². The molecule has 0 aliphatic carbocycles. The molecule has 37 heavy (non-hydrogen) atoms. The Hall–Kier alpha value is -4.66. The van der Waals surface area contributed by atoms with E-state index >= 15 is 0 Å². The second-order valence-corrected chi connectivity index (χ2v) is 8.96. The summed E-state index contributed by atoms with van der Waals surface area (Å²) < 4.78 is 12.9. The van der Waals surface area contributed by atoms with Gasteiger partial charge >= 0.3 is 0 Å². The van der Waals surface area contributed by atoms with Gasteiger partial charge in [0.1, 0.15) is 17.8 Å². The lowest BCUT2D eigenvalue weighted by atomic mass is 10.1. The van der Waals surface area contributed by atoms with Crippen LogP contribution in [0.3, 0.4) is 0 Å². The molecule has 5 aromatic rings. The number of hydrogen-bond acceptors (Lipinski definition) is 7. The first kappa shape index (κ1) is 22.8. The summed E-state index contributed by atoms with van der Waals surface area (Å²) in [5.41, 5.74) is 6.36. The van der Waals surface area contributed by atoms with Crippen LogP contribution in [0.5, 0.6) is 11.5 Å². The number of imidazole rings is 1. The molecule has 0 atom stereocenters. The number of ether oxygens (including phenoxy) is 2. The van der Waals surface area contributed by atoms with Crippen molar-refractivity contribution in [1.29, 1.82) is 0 Å². The zero-order valence-electron chi connectivity index (χ0n) is 20.9. The van der Waals surface area contributed by atoms with Crippen LogP contribution in [-0.4, -0.2) is 46.0 Å². The fourth-order valence-electron chi connectivity index (χ4n) is 4.97. The highest BCUT2D eigenvalue weighted by Gasteiger charge is 2.26. The molecule has 4 heterocycles. The van der Waals surface area contributed by atoms with Crippen molar-refractivity contribution in [2.75, 3.05) is 31.0 Å². The number of rotatable bonds is 6. The molecule has 9 heteroatoms. The van der Waals surface area contributed by atoms with Crippen LogP contribution >= 0.6 is 0 Å². The third-order valence-corrected chi connectivity index (χ3v) is 6.83. The zero-order valence-corrected chi connectivity index (χ0v) is 20.9. The highest BCUT2D eigenvalue weighted by Crippen LogP contribution is 2.36. The van der Waals surface area contributed by atoms with Gasteiger partial charge in [-0.2, -0.15) is 0 Å². The zero-order chi connectivity index (χ0) is 25.5. The lowest BCUT2D eigenvalue weighted by Crippen LogP contribution is -2.30. The first-order chi connectivity index (χ1) is 18.1. The average Bonchev–Trinajstić information content (AvgIpc) is 3.48. The van der Waals surface area contributed by atoms with Crippen molar-refractivity contribution in [2.24, 2.45) is 0 Å². The van der Waals surface area contributed by atoms with Crippen LogP contribution in [0.15, 0.2) is 61.1 Å². The Balaban J connectivity index is 1.25. The molecule has 0 unspecified atom stereocenters. The second-order valence-electron chi connectivity index (χ2n) is 8.96. The highest BCUT2D eigenvalue weighted by atomic mass is 16.5. The maximum absolute atomic E-state index is 13.3. The molecule has 0 spiro atoms. The predicted molar refractivity (Wildman–Crippen MR) is 142 cm³/mol. The van der Waals surface area contributed by atoms with E-state index in [-0.39, 0.29) is 5.91 Å². The minimum atomic E-state index is 0.0658. The van der Waals surface area contributed by atoms with Crippen molar-refractivity contribution in [2.45, 2.75) is 19.8 Å². The quantitative estimate of drug-likeness (QED) is 0.372. The molecular formula is C28H26N6O3. The summed E-state index contributed by atoms with van der Waals surface area (Å²) in [4.78, 5) is 28.6. The van der Waals surface area contributed by atoms with Crippen molar-refractivity contribution in [3.8, 4) is 11.5 Å². The van der Waals surface area contributed by atoms with Crippen molar-refractivity contribution < 1.29 is 14.3 Å². The molecule has 1 N–H and O–H groups in total. The summed E-state index contributed by atoms with van der Waals surface area (Å²) in [5, 5.41) is 4.23. The molecule has 0 saturated carbocycles. The van der Waals surface area contributed by atoms with E-state index in [1.807, 2.05) is 64.9 Å². The first-order valence-electron chi connectivity index (χ1n) is 12.1. The molecule has 0 fully saturated rings. The number of benzene rings is 2. The maximum atomic E-state index is 13.3. The van der Waals surface area contributed by atoms with Gasteiger partial charge in [-0.1, -0.05) is 6.07 Å². The van der Waals surface area contributed by atoms with E-state index in [1.165, 1.54) is 6.33 Å². The molecule has 6 rings (SSSR count). The Kier molecular flexibility index (Phi) is 5.60. The number of methoxy groups -OCH3 is 2. The molecule has 3 aromatic heterocycles. The van der Waals surface area contributed by atoms with Crippen molar-refractivity contribution >= 4 is 39.6 Å². The van der Waals surface area contributed by atoms with Crippen LogP contribution < -0.4 is 19.7 Å². The van der Waals surface area contributed by atoms with Gasteiger partial charge in [0, 0.05) is 35.6 Å². The van der Waals surface area contributed by atoms with Gasteiger partial charge in [0.15, 0.2) is 11.5 Å². The van der Waals surface area contributed by atoms with E-state index in [0.29, 0.717) is 30.3 Å². The first-order valence-corrected chi connectivity index (χ1v) is 12.1. The van der Waals surface area contributed by atoms with Crippen molar-refractivity contribution in [3.05, 3.63) is 78.0 Å². The Morgan fingerprint density at radius 3 is 2.73 bits per heavy atom. The number of pyridine rings is 1. The van der Waals surface area contributed by atoms with Gasteiger partial charge in [0.25, 0.3) is 0 Å². The monoisotopic (exact) mass is 494 g/mol. The van der Waals surface area contributed by atoms with Gasteiger partial charge in [0.2, 0.25) is 5.91 Å². The summed E-state index contributed by atoms with van der Waals surface area (Å²) in [6.45, 7) is 2.61. The number of fused-ring (bicyclic) bond motifs is 3. The molecule has 9 nitrogen and oxygen atoms in total. The standard InChI is InChI=1S/C28H26N6O3/c1-17-23(33-10-5-4-6-26(33)31-17)15-27(35)34-11-9-18-12-19(7-8-22(18)34)32-28-20-13-24(36-2)25(37-3)14-21(20)29-16-30-28/h4-8,10,12-14,16H,9,11,15H2,1-3H3,(H,29,30,32). The molecule has 1 aliphatic heterocycles. The van der Waals surface area contributed by atoms with E-state index < -0.39 is 0 Å². The number of anilines is 3. The summed E-state index contributed by atoms with van der Waals surface area (Å²) in [7, 11) is 3.20. The molecule has 1 amide bonds. The molecule has 186 valence electrons. The molecule has 0 radical (unpaired) electrons. The average molecular weight is 495 g/mol. The number of aryl methyl sites for hydroxylation is 1. The smallest absolute Gasteiger partial charge is 0.233 e. The minimum Gasteiger partial charge on any atom is -0.493 e. The van der Waals surface area contributed by atoms with Crippen LogP contribution in [0.25, 0.3) is 16.6 Å². The van der Waals surface area contributed by atoms with Gasteiger partial charge in [-0.25, -0.2) is 15.0 Å². The third kappa shape index (κ3) is 3.98. The van der Waals surface area contributed by atoms with Crippen molar-refractivity contribution in [3.63, 3.8) is 0 Å². The van der Waals surface area contributed by atoms with Gasteiger partial charge < -0.3 is 24.1 Å². The number of carbonyl (C=O) groups is 1. The minimum absolute atomic E-state index is 0.0658. The largest absolute Gasteiger partial charge is 0.493 e. The lowest BCUT2D eigenvalue weighted by molar-refractivity contribution is -0.117. The SMILES string of the molecule is COc1cc2ncnc(Nc3ccc4c(c3)CCN4C(=O)Cc3c(C)nc4ccccn34)c2cc1OC. The maximum Gasteiger partial charge on any atom is 0.233 e. The van der Waals surface area contributed by atoms with E-state index in [4.69, 9.17) is 9.47 Å². The van der Waals surface area contributed by atoms with Gasteiger partial charge in [-0.3, -0.25) is 4.79 Å². The second kappa shape index (κ2) is 9.09. The van der Waals surface area contributed by atoms with Gasteiger partial charge in [0.05, 0.1) is 37.5 Å². The highest BCUT2D eigenvalue weighted by molar-refractivity contribution is 5.97. The van der Waals surface area contributed by atoms with E-state index in [0.717, 1.165) is 51.3 Å². The van der Waals surface area contributed by atoms with Gasteiger partial charge in [-0.15, -0.1) is 0 Å². The summed E-state index contributed by atoms with van der Waals surface area (Å²) >= 11 is 0. The van der Waals surface area contributed by atoms with Crippen LogP contribution in [0.1, 0.15) is 17.0 Å². The molecular weight excluding hydrogens is 468 g/mol. The number of amides is 1. The fourth-order valence-corrected chi connectivity index (χ4v) is 4.97. The molecule has 2 aromatic carbocycles. The van der Waals surface area contributed by atoms with E-state index in [9.17, 15) is 4.79 Å². The lowest BCUT2D eigenvalue weighted by Gasteiger charge is -2.18. The third-order valence-electron chi connectivity index (χ3n) is 6.83. The molecule has 1 aliphatic rings. The van der Waals surface area contributed by atoms with E-state index in [1.54, 1.807) is 14.2 Å². The summed E-state index contributed by atoms with van der Waals surface area (Å²) in [5.74, 6) is 1.95. The van der Waals surface area contributed by atoms with Crippen LogP contribution in [-0.2, 0) is 17.6 Å². The number of hydrogen-bond donors (Lipinski definition) is 1. The Bertz CT molecular complexity index is 1660.